The Morgan fingerprint density at radius 2 is 1.89 bits per heavy atom. The van der Waals surface area contributed by atoms with E-state index in [1.54, 1.807) is 0 Å². The second-order valence-corrected chi connectivity index (χ2v) is 7.28. The molecular formula is C16H32N2O. The number of nitrogens with one attached hydrogen (secondary N) is 1. The lowest BCUT2D eigenvalue weighted by Crippen LogP contribution is -2.53. The monoisotopic (exact) mass is 268 g/mol. The van der Waals surface area contributed by atoms with Gasteiger partial charge in [-0.2, -0.15) is 0 Å². The Bertz CT molecular complexity index is 296. The highest BCUT2D eigenvalue weighted by Gasteiger charge is 2.35. The van der Waals surface area contributed by atoms with Crippen molar-refractivity contribution in [1.82, 2.24) is 5.32 Å². The standard InChI is InChI=1S/C16H32N2O/c1-6-11(2)14(17)15(19)18-13-10-8-7-9-12(13)16(3,4)5/h11-14H,6-10,17H2,1-5H3,(H,18,19). The summed E-state index contributed by atoms with van der Waals surface area (Å²) in [5, 5.41) is 3.23. The maximum Gasteiger partial charge on any atom is 0.237 e. The van der Waals surface area contributed by atoms with E-state index in [0.29, 0.717) is 12.0 Å². The third-order valence-electron chi connectivity index (χ3n) is 4.77. The molecule has 0 aromatic heterocycles. The Morgan fingerprint density at radius 1 is 1.32 bits per heavy atom. The minimum atomic E-state index is -0.368. The van der Waals surface area contributed by atoms with Crippen LogP contribution in [0, 0.1) is 17.3 Å². The zero-order valence-electron chi connectivity index (χ0n) is 13.3. The maximum atomic E-state index is 12.2. The van der Waals surface area contributed by atoms with Gasteiger partial charge in [0.25, 0.3) is 0 Å². The normalized spacial score (nSPS) is 27.7. The molecule has 1 fully saturated rings. The fourth-order valence-electron chi connectivity index (χ4n) is 3.13. The summed E-state index contributed by atoms with van der Waals surface area (Å²) in [5.74, 6) is 0.849. The lowest BCUT2D eigenvalue weighted by atomic mass is 9.69. The number of carbonyl (C=O) groups is 1. The van der Waals surface area contributed by atoms with Crippen LogP contribution in [0.4, 0.5) is 0 Å². The predicted molar refractivity (Wildman–Crippen MR) is 80.8 cm³/mol. The van der Waals surface area contributed by atoms with Gasteiger partial charge in [-0.25, -0.2) is 0 Å². The topological polar surface area (TPSA) is 55.1 Å². The van der Waals surface area contributed by atoms with E-state index in [0.717, 1.165) is 12.8 Å². The molecule has 112 valence electrons. The Hall–Kier alpha value is -0.570. The first kappa shape index (κ1) is 16.5. The van der Waals surface area contributed by atoms with E-state index in [-0.39, 0.29) is 23.3 Å². The molecule has 1 saturated carbocycles. The molecule has 4 unspecified atom stereocenters. The molecule has 1 amide bonds. The van der Waals surface area contributed by atoms with Crippen molar-refractivity contribution in [2.45, 2.75) is 78.8 Å². The number of hydrogen-bond donors (Lipinski definition) is 2. The van der Waals surface area contributed by atoms with E-state index in [9.17, 15) is 4.79 Å². The number of carbonyl (C=O) groups excluding carboxylic acids is 1. The van der Waals surface area contributed by atoms with Crippen molar-refractivity contribution in [3.8, 4) is 0 Å². The van der Waals surface area contributed by atoms with E-state index in [1.807, 2.05) is 6.92 Å². The van der Waals surface area contributed by atoms with Crippen LogP contribution in [0.2, 0.25) is 0 Å². The number of rotatable bonds is 4. The number of nitrogens with two attached hydrogens (primary N) is 1. The van der Waals surface area contributed by atoms with E-state index in [4.69, 9.17) is 5.73 Å². The molecule has 1 aliphatic rings. The zero-order valence-corrected chi connectivity index (χ0v) is 13.3. The molecule has 0 aromatic carbocycles. The van der Waals surface area contributed by atoms with Crippen LogP contribution in [-0.2, 0) is 4.79 Å². The average molecular weight is 268 g/mol. The average Bonchev–Trinajstić information content (AvgIpc) is 2.36. The third kappa shape index (κ3) is 4.48. The summed E-state index contributed by atoms with van der Waals surface area (Å²) in [5.41, 5.74) is 6.28. The van der Waals surface area contributed by atoms with Gasteiger partial charge in [0.1, 0.15) is 0 Å². The third-order valence-corrected chi connectivity index (χ3v) is 4.77. The molecule has 0 bridgehead atoms. The van der Waals surface area contributed by atoms with E-state index >= 15 is 0 Å². The van der Waals surface area contributed by atoms with Gasteiger partial charge in [-0.3, -0.25) is 4.79 Å². The van der Waals surface area contributed by atoms with Gasteiger partial charge in [-0.15, -0.1) is 0 Å². The van der Waals surface area contributed by atoms with Crippen molar-refractivity contribution >= 4 is 5.91 Å². The Labute approximate surface area is 118 Å². The summed E-state index contributed by atoms with van der Waals surface area (Å²) in [6.07, 6.45) is 5.76. The van der Waals surface area contributed by atoms with Crippen molar-refractivity contribution in [1.29, 1.82) is 0 Å². The Balaban J connectivity index is 2.65. The fourth-order valence-corrected chi connectivity index (χ4v) is 3.13. The molecule has 0 aliphatic heterocycles. The minimum absolute atomic E-state index is 0.0375. The van der Waals surface area contributed by atoms with Gasteiger partial charge in [-0.1, -0.05) is 53.9 Å². The molecule has 3 nitrogen and oxygen atoms in total. The van der Waals surface area contributed by atoms with Crippen molar-refractivity contribution in [3.05, 3.63) is 0 Å². The molecule has 19 heavy (non-hydrogen) atoms. The number of amides is 1. The van der Waals surface area contributed by atoms with Gasteiger partial charge in [0.2, 0.25) is 5.91 Å². The molecule has 0 saturated heterocycles. The van der Waals surface area contributed by atoms with Crippen molar-refractivity contribution in [2.24, 2.45) is 23.0 Å². The molecule has 3 N–H and O–H groups in total. The van der Waals surface area contributed by atoms with Crippen LogP contribution >= 0.6 is 0 Å². The van der Waals surface area contributed by atoms with Crippen LogP contribution in [0.3, 0.4) is 0 Å². The lowest BCUT2D eigenvalue weighted by molar-refractivity contribution is -0.125. The first-order valence-electron chi connectivity index (χ1n) is 7.83. The largest absolute Gasteiger partial charge is 0.352 e. The van der Waals surface area contributed by atoms with Crippen LogP contribution in [0.1, 0.15) is 66.7 Å². The minimum Gasteiger partial charge on any atom is -0.352 e. The second kappa shape index (κ2) is 6.74. The highest BCUT2D eigenvalue weighted by molar-refractivity contribution is 5.82. The summed E-state index contributed by atoms with van der Waals surface area (Å²) >= 11 is 0. The van der Waals surface area contributed by atoms with Crippen LogP contribution in [0.15, 0.2) is 0 Å². The predicted octanol–water partition coefficient (Wildman–Crippen LogP) is 3.08. The lowest BCUT2D eigenvalue weighted by Gasteiger charge is -2.41. The van der Waals surface area contributed by atoms with Gasteiger partial charge in [-0.05, 0) is 30.1 Å². The van der Waals surface area contributed by atoms with Crippen LogP contribution in [0.25, 0.3) is 0 Å². The first-order chi connectivity index (χ1) is 8.77. The summed E-state index contributed by atoms with van der Waals surface area (Å²) in [4.78, 5) is 12.2. The van der Waals surface area contributed by atoms with E-state index in [1.165, 1.54) is 19.3 Å². The van der Waals surface area contributed by atoms with Crippen molar-refractivity contribution in [3.63, 3.8) is 0 Å². The summed E-state index contributed by atoms with van der Waals surface area (Å²) in [7, 11) is 0. The molecule has 0 radical (unpaired) electrons. The molecule has 1 rings (SSSR count). The molecule has 1 aliphatic carbocycles. The highest BCUT2D eigenvalue weighted by atomic mass is 16.2. The first-order valence-corrected chi connectivity index (χ1v) is 7.83. The SMILES string of the molecule is CCC(C)C(N)C(=O)NC1CCCCC1C(C)(C)C. The number of hydrogen-bond acceptors (Lipinski definition) is 2. The maximum absolute atomic E-state index is 12.2. The van der Waals surface area contributed by atoms with Gasteiger partial charge >= 0.3 is 0 Å². The quantitative estimate of drug-likeness (QED) is 0.823. The van der Waals surface area contributed by atoms with Gasteiger partial charge < -0.3 is 11.1 Å². The van der Waals surface area contributed by atoms with Crippen molar-refractivity contribution in [2.75, 3.05) is 0 Å². The van der Waals surface area contributed by atoms with Crippen molar-refractivity contribution < 1.29 is 4.79 Å². The molecule has 0 spiro atoms. The van der Waals surface area contributed by atoms with Crippen LogP contribution in [0.5, 0.6) is 0 Å². The van der Waals surface area contributed by atoms with Gasteiger partial charge in [0.05, 0.1) is 6.04 Å². The van der Waals surface area contributed by atoms with E-state index < -0.39 is 0 Å². The molecule has 3 heteroatoms. The summed E-state index contributed by atoms with van der Waals surface area (Å²) in [6, 6.07) is -0.0658. The molecule has 0 aromatic rings. The summed E-state index contributed by atoms with van der Waals surface area (Å²) in [6.45, 7) is 11.0. The molecular weight excluding hydrogens is 236 g/mol. The Morgan fingerprint density at radius 3 is 2.42 bits per heavy atom. The second-order valence-electron chi connectivity index (χ2n) is 7.28. The molecule has 4 atom stereocenters. The zero-order chi connectivity index (χ0) is 14.6. The van der Waals surface area contributed by atoms with Gasteiger partial charge in [0, 0.05) is 6.04 Å². The summed E-state index contributed by atoms with van der Waals surface area (Å²) < 4.78 is 0. The Kier molecular flexibility index (Phi) is 5.84. The van der Waals surface area contributed by atoms with Crippen LogP contribution < -0.4 is 11.1 Å². The highest BCUT2D eigenvalue weighted by Crippen LogP contribution is 2.38. The fraction of sp³-hybridized carbons (Fsp3) is 0.938. The van der Waals surface area contributed by atoms with E-state index in [2.05, 4.69) is 33.0 Å². The molecule has 0 heterocycles. The van der Waals surface area contributed by atoms with Gasteiger partial charge in [0.15, 0.2) is 0 Å². The smallest absolute Gasteiger partial charge is 0.237 e. The van der Waals surface area contributed by atoms with Crippen LogP contribution in [-0.4, -0.2) is 18.0 Å².